The number of ether oxygens (including phenoxy) is 3. The molecule has 0 unspecified atom stereocenters. The predicted molar refractivity (Wildman–Crippen MR) is 181 cm³/mol. The lowest BCUT2D eigenvalue weighted by atomic mass is 9.99. The van der Waals surface area contributed by atoms with Gasteiger partial charge in [-0.2, -0.15) is 0 Å². The van der Waals surface area contributed by atoms with Crippen LogP contribution < -0.4 is 18.9 Å². The number of carbonyl (C=O) groups excluding carboxylic acids is 1. The van der Waals surface area contributed by atoms with E-state index >= 15 is 0 Å². The number of hydrogen-bond donors (Lipinski definition) is 2. The van der Waals surface area contributed by atoms with Crippen LogP contribution in [0.3, 0.4) is 0 Å². The van der Waals surface area contributed by atoms with Crippen LogP contribution in [0.2, 0.25) is 0 Å². The number of amides is 1. The average molecular weight is 660 g/mol. The number of carbonyl (C=O) groups is 1. The maximum Gasteiger partial charge on any atom is 0.261 e. The Kier molecular flexibility index (Phi) is 10.7. The molecule has 2 N–H and O–H groups in total. The molecule has 248 valence electrons. The number of likely N-dealkylation sites (N-methyl/N-ethyl adjacent to an activating group) is 1. The second-order valence-electron chi connectivity index (χ2n) is 11.9. The van der Waals surface area contributed by atoms with E-state index in [9.17, 15) is 18.3 Å². The van der Waals surface area contributed by atoms with Crippen LogP contribution in [0.4, 0.5) is 5.69 Å². The molecule has 1 heterocycles. The Morgan fingerprint density at radius 2 is 1.64 bits per heavy atom. The van der Waals surface area contributed by atoms with Crippen molar-refractivity contribution in [2.24, 2.45) is 5.92 Å². The molecule has 1 aliphatic heterocycles. The van der Waals surface area contributed by atoms with E-state index in [-0.39, 0.29) is 40.7 Å². The highest BCUT2D eigenvalue weighted by molar-refractivity contribution is 7.92. The first kappa shape index (κ1) is 33.8. The highest BCUT2D eigenvalue weighted by Gasteiger charge is 2.34. The van der Waals surface area contributed by atoms with Crippen LogP contribution in [-0.2, 0) is 16.6 Å². The van der Waals surface area contributed by atoms with Gasteiger partial charge in [0.15, 0.2) is 0 Å². The van der Waals surface area contributed by atoms with E-state index in [0.29, 0.717) is 31.1 Å². The fourth-order valence-electron chi connectivity index (χ4n) is 5.44. The van der Waals surface area contributed by atoms with Crippen molar-refractivity contribution in [1.82, 2.24) is 9.80 Å². The van der Waals surface area contributed by atoms with Crippen molar-refractivity contribution < 1.29 is 32.5 Å². The monoisotopic (exact) mass is 659 g/mol. The molecule has 0 radical (unpaired) electrons. The number of para-hydroxylation sites is 1. The number of benzene rings is 4. The summed E-state index contributed by atoms with van der Waals surface area (Å²) in [6.07, 6.45) is -0.303. The molecule has 0 fully saturated rings. The molecule has 0 aliphatic carbocycles. The first-order valence-electron chi connectivity index (χ1n) is 15.5. The lowest BCUT2D eigenvalue weighted by molar-refractivity contribution is 0.0341. The molecule has 1 aliphatic rings. The van der Waals surface area contributed by atoms with Gasteiger partial charge < -0.3 is 24.2 Å². The first-order valence-corrected chi connectivity index (χ1v) is 16.9. The van der Waals surface area contributed by atoms with Gasteiger partial charge in [-0.25, -0.2) is 8.42 Å². The van der Waals surface area contributed by atoms with Gasteiger partial charge in [-0.3, -0.25) is 14.4 Å². The minimum Gasteiger partial charge on any atom is -0.497 e. The molecule has 0 saturated heterocycles. The maximum absolute atomic E-state index is 13.8. The third-order valence-corrected chi connectivity index (χ3v) is 9.53. The summed E-state index contributed by atoms with van der Waals surface area (Å²) in [7, 11) is -0.424. The average Bonchev–Trinajstić information content (AvgIpc) is 3.07. The predicted octanol–water partition coefficient (Wildman–Crippen LogP) is 5.64. The molecule has 0 aromatic heterocycles. The van der Waals surface area contributed by atoms with E-state index in [1.54, 1.807) is 36.1 Å². The van der Waals surface area contributed by atoms with Crippen LogP contribution in [0.15, 0.2) is 102 Å². The summed E-state index contributed by atoms with van der Waals surface area (Å²) in [5, 5.41) is 10.0. The van der Waals surface area contributed by atoms with E-state index in [1.165, 1.54) is 25.3 Å². The second kappa shape index (κ2) is 14.9. The Balaban J connectivity index is 1.33. The van der Waals surface area contributed by atoms with Gasteiger partial charge in [-0.05, 0) is 86.3 Å². The second-order valence-corrected chi connectivity index (χ2v) is 13.6. The van der Waals surface area contributed by atoms with Crippen molar-refractivity contribution in [3.8, 4) is 23.0 Å². The number of aliphatic hydroxyl groups is 1. The lowest BCUT2D eigenvalue weighted by Crippen LogP contribution is -2.49. The Bertz CT molecular complexity index is 1750. The SMILES string of the molecule is COc1ccc(S(=O)(=O)Nc2ccc3c(c2)C(=O)N([C@H](C)CO)C[C@@H](C)[C@H](CN(C)Cc2ccc(Oc4ccccc4)cc2)O3)cc1. The topological polar surface area (TPSA) is 118 Å². The highest BCUT2D eigenvalue weighted by Crippen LogP contribution is 2.32. The van der Waals surface area contributed by atoms with Crippen LogP contribution in [0.1, 0.15) is 29.8 Å². The molecular formula is C36H41N3O7S. The molecule has 0 bridgehead atoms. The summed E-state index contributed by atoms with van der Waals surface area (Å²) >= 11 is 0. The standard InChI is InChI=1S/C36H41N3O7S/c1-25-21-39(26(2)24-40)36(41)33-20-28(37-47(42,43)32-17-15-29(44-4)16-18-32)12-19-34(33)46-35(25)23-38(3)22-27-10-13-31(14-11-27)45-30-8-6-5-7-9-30/h5-20,25-26,35,37,40H,21-24H2,1-4H3/t25-,26-,35+/m1/s1. The highest BCUT2D eigenvalue weighted by atomic mass is 32.2. The number of fused-ring (bicyclic) bond motifs is 1. The van der Waals surface area contributed by atoms with E-state index in [4.69, 9.17) is 14.2 Å². The zero-order valence-electron chi connectivity index (χ0n) is 27.0. The number of hydrogen-bond acceptors (Lipinski definition) is 8. The third-order valence-electron chi connectivity index (χ3n) is 8.13. The smallest absolute Gasteiger partial charge is 0.261 e. The van der Waals surface area contributed by atoms with Crippen molar-refractivity contribution in [1.29, 1.82) is 0 Å². The van der Waals surface area contributed by atoms with Crippen LogP contribution in [0.25, 0.3) is 0 Å². The Morgan fingerprint density at radius 1 is 0.979 bits per heavy atom. The number of nitrogens with one attached hydrogen (secondary N) is 1. The van der Waals surface area contributed by atoms with Crippen molar-refractivity contribution >= 4 is 21.6 Å². The van der Waals surface area contributed by atoms with Gasteiger partial charge in [-0.15, -0.1) is 0 Å². The van der Waals surface area contributed by atoms with E-state index < -0.39 is 16.1 Å². The summed E-state index contributed by atoms with van der Waals surface area (Å²) in [5.74, 6) is 2.00. The zero-order chi connectivity index (χ0) is 33.6. The van der Waals surface area contributed by atoms with Gasteiger partial charge in [0.25, 0.3) is 15.9 Å². The molecule has 11 heteroatoms. The van der Waals surface area contributed by atoms with Gasteiger partial charge in [0.05, 0.1) is 30.2 Å². The minimum atomic E-state index is -3.94. The van der Waals surface area contributed by atoms with E-state index in [0.717, 1.165) is 17.1 Å². The third kappa shape index (κ3) is 8.42. The van der Waals surface area contributed by atoms with Gasteiger partial charge in [0, 0.05) is 31.2 Å². The molecule has 0 spiro atoms. The number of methoxy groups -OCH3 is 1. The molecule has 0 saturated carbocycles. The summed E-state index contributed by atoms with van der Waals surface area (Å²) in [4.78, 5) is 17.7. The molecule has 5 rings (SSSR count). The molecule has 47 heavy (non-hydrogen) atoms. The number of sulfonamides is 1. The molecule has 4 aromatic carbocycles. The number of rotatable bonds is 12. The van der Waals surface area contributed by atoms with Gasteiger partial charge >= 0.3 is 0 Å². The molecule has 10 nitrogen and oxygen atoms in total. The van der Waals surface area contributed by atoms with Gasteiger partial charge in [0.1, 0.15) is 29.1 Å². The Labute approximate surface area is 276 Å². The zero-order valence-corrected chi connectivity index (χ0v) is 27.8. The van der Waals surface area contributed by atoms with Crippen LogP contribution in [0, 0.1) is 5.92 Å². The lowest BCUT2D eigenvalue weighted by Gasteiger charge is -2.38. The summed E-state index contributed by atoms with van der Waals surface area (Å²) in [5.41, 5.74) is 1.54. The number of aliphatic hydroxyl groups excluding tert-OH is 1. The Morgan fingerprint density at radius 3 is 2.30 bits per heavy atom. The molecule has 1 amide bonds. The van der Waals surface area contributed by atoms with Crippen LogP contribution in [0.5, 0.6) is 23.0 Å². The summed E-state index contributed by atoms with van der Waals surface area (Å²) < 4.78 is 46.4. The fourth-order valence-corrected chi connectivity index (χ4v) is 6.49. The normalized spacial score (nSPS) is 17.2. The summed E-state index contributed by atoms with van der Waals surface area (Å²) in [6, 6.07) is 27.8. The molecule has 3 atom stereocenters. The fraction of sp³-hybridized carbons (Fsp3) is 0.306. The molecular weight excluding hydrogens is 618 g/mol. The largest absolute Gasteiger partial charge is 0.497 e. The van der Waals surface area contributed by atoms with Crippen molar-refractivity contribution in [2.75, 3.05) is 38.6 Å². The summed E-state index contributed by atoms with van der Waals surface area (Å²) in [6.45, 7) is 5.17. The maximum atomic E-state index is 13.8. The van der Waals surface area contributed by atoms with Crippen molar-refractivity contribution in [3.63, 3.8) is 0 Å². The minimum absolute atomic E-state index is 0.0541. The quantitative estimate of drug-likeness (QED) is 0.201. The van der Waals surface area contributed by atoms with Gasteiger partial charge in [-0.1, -0.05) is 37.3 Å². The van der Waals surface area contributed by atoms with E-state index in [1.807, 2.05) is 68.6 Å². The van der Waals surface area contributed by atoms with Gasteiger partial charge in [0.2, 0.25) is 0 Å². The Hall–Kier alpha value is -4.58. The van der Waals surface area contributed by atoms with Crippen LogP contribution >= 0.6 is 0 Å². The van der Waals surface area contributed by atoms with E-state index in [2.05, 4.69) is 9.62 Å². The van der Waals surface area contributed by atoms with Crippen molar-refractivity contribution in [2.45, 2.75) is 37.4 Å². The number of nitrogens with zero attached hydrogens (tertiary/aromatic N) is 2. The number of anilines is 1. The molecule has 4 aromatic rings. The van der Waals surface area contributed by atoms with Crippen molar-refractivity contribution in [3.05, 3.63) is 108 Å². The first-order chi connectivity index (χ1) is 22.6. The van der Waals surface area contributed by atoms with Crippen LogP contribution in [-0.4, -0.2) is 75.2 Å².